The Hall–Kier alpha value is -4.57. The summed E-state index contributed by atoms with van der Waals surface area (Å²) in [4.78, 5) is 27.4. The molecule has 0 aliphatic carbocycles. The van der Waals surface area contributed by atoms with Crippen LogP contribution in [0.4, 0.5) is 0 Å². The van der Waals surface area contributed by atoms with Crippen LogP contribution in [0.5, 0.6) is 11.5 Å². The summed E-state index contributed by atoms with van der Waals surface area (Å²) >= 11 is 1.58. The van der Waals surface area contributed by atoms with Gasteiger partial charge < -0.3 is 15.0 Å². The van der Waals surface area contributed by atoms with Crippen molar-refractivity contribution in [3.8, 4) is 22.1 Å². The largest absolute Gasteiger partial charge is 0.457 e. The summed E-state index contributed by atoms with van der Waals surface area (Å²) in [5.74, 6) is 1.40. The predicted octanol–water partition coefficient (Wildman–Crippen LogP) is 5.82. The molecule has 0 saturated carbocycles. The number of pyridine rings is 1. The van der Waals surface area contributed by atoms with Gasteiger partial charge in [0, 0.05) is 48.3 Å². The van der Waals surface area contributed by atoms with E-state index >= 15 is 0 Å². The molecule has 0 radical (unpaired) electrons. The molecule has 10 heteroatoms. The molecule has 0 atom stereocenters. The summed E-state index contributed by atoms with van der Waals surface area (Å²) in [6.07, 6.45) is 3.15. The average Bonchev–Trinajstić information content (AvgIpc) is 3.75. The van der Waals surface area contributed by atoms with E-state index in [-0.39, 0.29) is 11.8 Å². The number of ether oxygens (including phenoxy) is 1. The molecule has 2 amide bonds. The number of aromatic nitrogens is 4. The van der Waals surface area contributed by atoms with E-state index in [1.54, 1.807) is 34.2 Å². The van der Waals surface area contributed by atoms with E-state index in [1.165, 1.54) is 0 Å². The SMILES string of the molecule is CC(C)c1nnc(-c2ccc(Oc3cc(C(=O)NCc4cccc5ccnn45)ccc3CN3CCCC3=O)cc2)s1. The quantitative estimate of drug-likeness (QED) is 0.241. The van der Waals surface area contributed by atoms with Gasteiger partial charge in [-0.2, -0.15) is 5.10 Å². The third kappa shape index (κ3) is 5.83. The molecule has 1 aliphatic heterocycles. The molecule has 0 bridgehead atoms. The highest BCUT2D eigenvalue weighted by atomic mass is 32.1. The number of likely N-dealkylation sites (tertiary alicyclic amines) is 1. The summed E-state index contributed by atoms with van der Waals surface area (Å²) in [5, 5.41) is 17.8. The van der Waals surface area contributed by atoms with Crippen LogP contribution in [-0.4, -0.2) is 43.1 Å². The minimum absolute atomic E-state index is 0.132. The molecule has 1 saturated heterocycles. The van der Waals surface area contributed by atoms with E-state index in [0.717, 1.165) is 38.8 Å². The van der Waals surface area contributed by atoms with Crippen LogP contribution in [0.2, 0.25) is 0 Å². The van der Waals surface area contributed by atoms with Gasteiger partial charge in [0.2, 0.25) is 5.91 Å². The fourth-order valence-corrected chi connectivity index (χ4v) is 5.64. The van der Waals surface area contributed by atoms with Gasteiger partial charge in [0.1, 0.15) is 21.5 Å². The molecule has 9 nitrogen and oxygen atoms in total. The van der Waals surface area contributed by atoms with Crippen molar-refractivity contribution in [2.45, 2.75) is 45.7 Å². The zero-order valence-corrected chi connectivity index (χ0v) is 23.7. The van der Waals surface area contributed by atoms with Gasteiger partial charge in [0.05, 0.1) is 17.8 Å². The Morgan fingerprint density at radius 1 is 1.07 bits per heavy atom. The molecular weight excluding hydrogens is 536 g/mol. The van der Waals surface area contributed by atoms with Crippen molar-refractivity contribution in [1.29, 1.82) is 0 Å². The molecule has 1 fully saturated rings. The molecule has 3 aromatic heterocycles. The third-order valence-corrected chi connectivity index (χ3v) is 8.33. The van der Waals surface area contributed by atoms with Crippen molar-refractivity contribution in [2.24, 2.45) is 0 Å². The molecular formula is C31H30N6O3S. The van der Waals surface area contributed by atoms with Gasteiger partial charge in [-0.3, -0.25) is 9.59 Å². The lowest BCUT2D eigenvalue weighted by Gasteiger charge is -2.19. The highest BCUT2D eigenvalue weighted by Gasteiger charge is 2.22. The van der Waals surface area contributed by atoms with Crippen LogP contribution in [0.3, 0.4) is 0 Å². The number of nitrogens with one attached hydrogen (secondary N) is 1. The van der Waals surface area contributed by atoms with Crippen molar-refractivity contribution < 1.29 is 14.3 Å². The topological polar surface area (TPSA) is 102 Å². The lowest BCUT2D eigenvalue weighted by molar-refractivity contribution is -0.128. The van der Waals surface area contributed by atoms with Crippen molar-refractivity contribution in [1.82, 2.24) is 30.0 Å². The van der Waals surface area contributed by atoms with Crippen LogP contribution in [0.15, 0.2) is 72.9 Å². The second-order valence-corrected chi connectivity index (χ2v) is 11.3. The van der Waals surface area contributed by atoms with Crippen LogP contribution < -0.4 is 10.1 Å². The minimum Gasteiger partial charge on any atom is -0.457 e. The first-order valence-corrected chi connectivity index (χ1v) is 14.5. The van der Waals surface area contributed by atoms with Gasteiger partial charge in [0.25, 0.3) is 5.91 Å². The molecule has 41 heavy (non-hydrogen) atoms. The number of fused-ring (bicyclic) bond motifs is 1. The summed E-state index contributed by atoms with van der Waals surface area (Å²) in [6, 6.07) is 20.8. The van der Waals surface area contributed by atoms with Gasteiger partial charge in [-0.05, 0) is 61.0 Å². The van der Waals surface area contributed by atoms with Gasteiger partial charge in [-0.15, -0.1) is 10.2 Å². The Morgan fingerprint density at radius 2 is 1.93 bits per heavy atom. The zero-order chi connectivity index (χ0) is 28.3. The molecule has 2 aromatic carbocycles. The lowest BCUT2D eigenvalue weighted by atomic mass is 10.1. The highest BCUT2D eigenvalue weighted by Crippen LogP contribution is 2.32. The highest BCUT2D eigenvalue weighted by molar-refractivity contribution is 7.14. The van der Waals surface area contributed by atoms with E-state index in [2.05, 4.69) is 34.5 Å². The van der Waals surface area contributed by atoms with Gasteiger partial charge in [-0.1, -0.05) is 37.3 Å². The second kappa shape index (κ2) is 11.5. The number of carbonyl (C=O) groups is 2. The maximum absolute atomic E-state index is 13.2. The number of nitrogens with zero attached hydrogens (tertiary/aromatic N) is 5. The van der Waals surface area contributed by atoms with Crippen molar-refractivity contribution in [3.63, 3.8) is 0 Å². The van der Waals surface area contributed by atoms with Crippen LogP contribution in [0.25, 0.3) is 16.1 Å². The molecule has 0 spiro atoms. The Morgan fingerprint density at radius 3 is 2.68 bits per heavy atom. The van der Waals surface area contributed by atoms with Crippen LogP contribution in [0.1, 0.15) is 59.2 Å². The van der Waals surface area contributed by atoms with Crippen molar-refractivity contribution in [3.05, 3.63) is 94.8 Å². The molecule has 0 unspecified atom stereocenters. The first-order valence-electron chi connectivity index (χ1n) is 13.7. The van der Waals surface area contributed by atoms with E-state index in [1.807, 2.05) is 59.5 Å². The van der Waals surface area contributed by atoms with E-state index < -0.39 is 0 Å². The van der Waals surface area contributed by atoms with Gasteiger partial charge in [-0.25, -0.2) is 4.52 Å². The fraction of sp³-hybridized carbons (Fsp3) is 0.258. The first kappa shape index (κ1) is 26.6. The third-order valence-electron chi connectivity index (χ3n) is 7.06. The first-order chi connectivity index (χ1) is 19.9. The summed E-state index contributed by atoms with van der Waals surface area (Å²) in [6.45, 7) is 5.67. The zero-order valence-electron chi connectivity index (χ0n) is 22.9. The van der Waals surface area contributed by atoms with Gasteiger partial charge in [0.15, 0.2) is 0 Å². The summed E-state index contributed by atoms with van der Waals surface area (Å²) in [5.41, 5.74) is 4.11. The minimum atomic E-state index is -0.226. The number of carbonyl (C=O) groups excluding carboxylic acids is 2. The van der Waals surface area contributed by atoms with E-state index in [9.17, 15) is 9.59 Å². The number of benzene rings is 2. The Balaban J connectivity index is 1.23. The van der Waals surface area contributed by atoms with Crippen LogP contribution in [0, 0.1) is 0 Å². The normalized spacial score (nSPS) is 13.3. The Kier molecular flexibility index (Phi) is 7.47. The van der Waals surface area contributed by atoms with Crippen LogP contribution in [-0.2, 0) is 17.9 Å². The molecule has 6 rings (SSSR count). The lowest BCUT2D eigenvalue weighted by Crippen LogP contribution is -2.25. The Labute approximate surface area is 241 Å². The maximum Gasteiger partial charge on any atom is 0.251 e. The van der Waals surface area contributed by atoms with Gasteiger partial charge >= 0.3 is 0 Å². The molecule has 4 heterocycles. The van der Waals surface area contributed by atoms with Crippen LogP contribution >= 0.6 is 11.3 Å². The number of rotatable bonds is 9. The summed E-state index contributed by atoms with van der Waals surface area (Å²) in [7, 11) is 0. The fourth-order valence-electron chi connectivity index (χ4n) is 4.79. The Bertz CT molecular complexity index is 1710. The molecule has 5 aromatic rings. The van der Waals surface area contributed by atoms with Crippen molar-refractivity contribution >= 4 is 28.7 Å². The molecule has 1 N–H and O–H groups in total. The number of amides is 2. The summed E-state index contributed by atoms with van der Waals surface area (Å²) < 4.78 is 8.13. The second-order valence-electron chi connectivity index (χ2n) is 10.3. The monoisotopic (exact) mass is 566 g/mol. The van der Waals surface area contributed by atoms with E-state index in [0.29, 0.717) is 49.0 Å². The predicted molar refractivity (Wildman–Crippen MR) is 157 cm³/mol. The van der Waals surface area contributed by atoms with Crippen molar-refractivity contribution in [2.75, 3.05) is 6.54 Å². The number of hydrogen-bond acceptors (Lipinski definition) is 7. The number of hydrogen-bond donors (Lipinski definition) is 1. The standard InChI is InChI=1S/C31H30N6O3S/c1-20(2)30-34-35-31(41-30)21-10-12-26(13-11-21)40-27-17-22(8-9-23(27)19-36-16-4-7-28(36)38)29(39)32-18-25-6-3-5-24-14-15-33-37(24)25/h3,5-6,8-15,17,20H,4,7,16,18-19H2,1-2H3,(H,32,39). The average molecular weight is 567 g/mol. The maximum atomic E-state index is 13.2. The smallest absolute Gasteiger partial charge is 0.251 e. The molecule has 208 valence electrons. The molecule has 1 aliphatic rings. The van der Waals surface area contributed by atoms with E-state index in [4.69, 9.17) is 4.74 Å².